The molecule has 0 saturated heterocycles. The lowest BCUT2D eigenvalue weighted by Crippen LogP contribution is -2.13. The number of carboxylic acids is 1. The summed E-state index contributed by atoms with van der Waals surface area (Å²) in [5.74, 6) is -0.813. The molecule has 168 valence electrons. The van der Waals surface area contributed by atoms with Gasteiger partial charge in [-0.1, -0.05) is 6.07 Å². The zero-order valence-corrected chi connectivity index (χ0v) is 19.0. The van der Waals surface area contributed by atoms with Gasteiger partial charge in [-0.25, -0.2) is 4.79 Å². The van der Waals surface area contributed by atoms with E-state index in [1.807, 2.05) is 43.5 Å². The van der Waals surface area contributed by atoms with E-state index in [0.29, 0.717) is 29.2 Å². The van der Waals surface area contributed by atoms with Gasteiger partial charge in [0.05, 0.1) is 12.2 Å². The number of nitriles is 1. The van der Waals surface area contributed by atoms with Crippen LogP contribution in [0.3, 0.4) is 0 Å². The van der Waals surface area contributed by atoms with Gasteiger partial charge in [0, 0.05) is 22.8 Å². The molecule has 2 aromatic carbocycles. The molecule has 0 unspecified atom stereocenters. The standard InChI is InChI=1S/C26H25N3O4/c1-5-33-22-11-9-21(10-12-22)28-25(30)20(15-27)14-19-13-16(2)29(18(19)4)24-8-6-7-23(17(24)3)26(31)32/h6-14H,5H2,1-4H3,(H,28,30)(H,31,32)/b20-14-. The number of anilines is 1. The van der Waals surface area contributed by atoms with Crippen LogP contribution in [0.15, 0.2) is 54.1 Å². The highest BCUT2D eigenvalue weighted by Crippen LogP contribution is 2.27. The van der Waals surface area contributed by atoms with Crippen LogP contribution in [0.1, 0.15) is 39.8 Å². The van der Waals surface area contributed by atoms with Gasteiger partial charge in [0.25, 0.3) is 5.91 Å². The van der Waals surface area contributed by atoms with Gasteiger partial charge in [-0.2, -0.15) is 5.26 Å². The van der Waals surface area contributed by atoms with Gasteiger partial charge in [-0.05, 0) is 87.4 Å². The van der Waals surface area contributed by atoms with E-state index in [1.54, 1.807) is 49.4 Å². The molecule has 0 radical (unpaired) electrons. The second-order valence-corrected chi connectivity index (χ2v) is 7.50. The van der Waals surface area contributed by atoms with Crippen molar-refractivity contribution < 1.29 is 19.4 Å². The Morgan fingerprint density at radius 3 is 2.45 bits per heavy atom. The first-order valence-corrected chi connectivity index (χ1v) is 10.4. The Balaban J connectivity index is 1.93. The van der Waals surface area contributed by atoms with Gasteiger partial charge in [-0.3, -0.25) is 4.79 Å². The van der Waals surface area contributed by atoms with E-state index in [1.165, 1.54) is 0 Å². The molecule has 0 spiro atoms. The number of amides is 1. The summed E-state index contributed by atoms with van der Waals surface area (Å²) in [5, 5.41) is 21.8. The normalized spacial score (nSPS) is 11.1. The Bertz CT molecular complexity index is 1280. The predicted molar refractivity (Wildman–Crippen MR) is 127 cm³/mol. The minimum absolute atomic E-state index is 0.0415. The Labute approximate surface area is 192 Å². The average molecular weight is 444 g/mol. The van der Waals surface area contributed by atoms with Crippen molar-refractivity contribution in [2.24, 2.45) is 0 Å². The summed E-state index contributed by atoms with van der Waals surface area (Å²) in [6.45, 7) is 7.96. The predicted octanol–water partition coefficient (Wildman–Crippen LogP) is 5.05. The molecular formula is C26H25N3O4. The number of hydrogen-bond acceptors (Lipinski definition) is 4. The molecule has 0 fully saturated rings. The van der Waals surface area contributed by atoms with E-state index in [-0.39, 0.29) is 11.1 Å². The van der Waals surface area contributed by atoms with Crippen LogP contribution >= 0.6 is 0 Å². The van der Waals surface area contributed by atoms with Crippen LogP contribution in [-0.4, -0.2) is 28.2 Å². The summed E-state index contributed by atoms with van der Waals surface area (Å²) in [6, 6.07) is 15.9. The molecule has 0 saturated carbocycles. The molecule has 3 aromatic rings. The van der Waals surface area contributed by atoms with Crippen molar-refractivity contribution in [2.45, 2.75) is 27.7 Å². The van der Waals surface area contributed by atoms with Crippen LogP contribution in [-0.2, 0) is 4.79 Å². The number of hydrogen-bond donors (Lipinski definition) is 2. The van der Waals surface area contributed by atoms with Crippen molar-refractivity contribution in [1.29, 1.82) is 5.26 Å². The minimum Gasteiger partial charge on any atom is -0.494 e. The van der Waals surface area contributed by atoms with Gasteiger partial charge in [-0.15, -0.1) is 0 Å². The third-order valence-corrected chi connectivity index (χ3v) is 5.33. The Morgan fingerprint density at radius 1 is 1.15 bits per heavy atom. The largest absolute Gasteiger partial charge is 0.494 e. The summed E-state index contributed by atoms with van der Waals surface area (Å²) in [7, 11) is 0. The summed E-state index contributed by atoms with van der Waals surface area (Å²) in [5.41, 5.74) is 4.46. The van der Waals surface area contributed by atoms with E-state index in [2.05, 4.69) is 5.32 Å². The Morgan fingerprint density at radius 2 is 1.85 bits per heavy atom. The third kappa shape index (κ3) is 4.96. The molecule has 33 heavy (non-hydrogen) atoms. The molecule has 0 bridgehead atoms. The molecule has 7 nitrogen and oxygen atoms in total. The summed E-state index contributed by atoms with van der Waals surface area (Å²) in [4.78, 5) is 24.2. The SMILES string of the molecule is CCOc1ccc(NC(=O)/C(C#N)=C\c2cc(C)n(-c3cccc(C(=O)O)c3C)c2C)cc1. The highest BCUT2D eigenvalue weighted by Gasteiger charge is 2.17. The molecule has 1 heterocycles. The van der Waals surface area contributed by atoms with Crippen LogP contribution in [0.2, 0.25) is 0 Å². The third-order valence-electron chi connectivity index (χ3n) is 5.33. The van der Waals surface area contributed by atoms with Gasteiger partial charge in [0.15, 0.2) is 0 Å². The maximum Gasteiger partial charge on any atom is 0.336 e. The Kier molecular flexibility index (Phi) is 6.99. The van der Waals surface area contributed by atoms with Crippen LogP contribution in [0.4, 0.5) is 5.69 Å². The van der Waals surface area contributed by atoms with Crippen molar-refractivity contribution in [3.8, 4) is 17.5 Å². The van der Waals surface area contributed by atoms with Crippen molar-refractivity contribution >= 4 is 23.6 Å². The molecule has 0 aliphatic heterocycles. The molecule has 0 atom stereocenters. The summed E-state index contributed by atoms with van der Waals surface area (Å²) >= 11 is 0. The molecule has 7 heteroatoms. The number of nitrogens with one attached hydrogen (secondary N) is 1. The van der Waals surface area contributed by atoms with Crippen molar-refractivity contribution in [1.82, 2.24) is 4.57 Å². The number of rotatable bonds is 7. The van der Waals surface area contributed by atoms with Gasteiger partial charge < -0.3 is 19.7 Å². The first kappa shape index (κ1) is 23.4. The summed E-state index contributed by atoms with van der Waals surface area (Å²) < 4.78 is 7.32. The monoisotopic (exact) mass is 443 g/mol. The van der Waals surface area contributed by atoms with E-state index in [4.69, 9.17) is 4.74 Å². The van der Waals surface area contributed by atoms with E-state index in [9.17, 15) is 20.0 Å². The lowest BCUT2D eigenvalue weighted by atomic mass is 10.1. The minimum atomic E-state index is -0.991. The fourth-order valence-corrected chi connectivity index (χ4v) is 3.71. The Hall–Kier alpha value is -4.31. The number of carbonyl (C=O) groups is 2. The molecule has 1 aromatic heterocycles. The number of carboxylic acid groups (broad SMARTS) is 1. The number of aromatic carboxylic acids is 1. The lowest BCUT2D eigenvalue weighted by molar-refractivity contribution is -0.112. The fourth-order valence-electron chi connectivity index (χ4n) is 3.71. The van der Waals surface area contributed by atoms with Gasteiger partial charge >= 0.3 is 5.97 Å². The molecule has 3 rings (SSSR count). The van der Waals surface area contributed by atoms with E-state index >= 15 is 0 Å². The van der Waals surface area contributed by atoms with Crippen molar-refractivity contribution in [2.75, 3.05) is 11.9 Å². The zero-order chi connectivity index (χ0) is 24.1. The van der Waals surface area contributed by atoms with Crippen LogP contribution in [0.25, 0.3) is 11.8 Å². The molecule has 0 aliphatic carbocycles. The number of aryl methyl sites for hydroxylation is 1. The maximum absolute atomic E-state index is 12.7. The topological polar surface area (TPSA) is 104 Å². The second kappa shape index (κ2) is 9.88. The quantitative estimate of drug-likeness (QED) is 0.393. The van der Waals surface area contributed by atoms with E-state index in [0.717, 1.165) is 17.1 Å². The maximum atomic E-state index is 12.7. The van der Waals surface area contributed by atoms with Crippen LogP contribution in [0, 0.1) is 32.1 Å². The second-order valence-electron chi connectivity index (χ2n) is 7.50. The van der Waals surface area contributed by atoms with Crippen molar-refractivity contribution in [3.05, 3.63) is 82.2 Å². The smallest absolute Gasteiger partial charge is 0.336 e. The van der Waals surface area contributed by atoms with Gasteiger partial charge in [0.1, 0.15) is 17.4 Å². The number of ether oxygens (including phenoxy) is 1. The highest BCUT2D eigenvalue weighted by molar-refractivity contribution is 6.09. The van der Waals surface area contributed by atoms with Crippen LogP contribution < -0.4 is 10.1 Å². The zero-order valence-electron chi connectivity index (χ0n) is 19.0. The number of carbonyl (C=O) groups excluding carboxylic acids is 1. The molecule has 2 N–H and O–H groups in total. The number of aromatic nitrogens is 1. The molecule has 1 amide bonds. The van der Waals surface area contributed by atoms with Gasteiger partial charge in [0.2, 0.25) is 0 Å². The summed E-state index contributed by atoms with van der Waals surface area (Å²) in [6.07, 6.45) is 1.54. The fraction of sp³-hybridized carbons (Fsp3) is 0.192. The first-order valence-electron chi connectivity index (χ1n) is 10.4. The lowest BCUT2D eigenvalue weighted by Gasteiger charge is -2.14. The average Bonchev–Trinajstić information content (AvgIpc) is 3.06. The molecule has 0 aliphatic rings. The van der Waals surface area contributed by atoms with Crippen molar-refractivity contribution in [3.63, 3.8) is 0 Å². The first-order chi connectivity index (χ1) is 15.8. The number of nitrogens with zero attached hydrogens (tertiary/aromatic N) is 2. The van der Waals surface area contributed by atoms with Crippen LogP contribution in [0.5, 0.6) is 5.75 Å². The highest BCUT2D eigenvalue weighted by atomic mass is 16.5. The number of benzene rings is 2. The van der Waals surface area contributed by atoms with E-state index < -0.39 is 11.9 Å². The molecular weight excluding hydrogens is 418 g/mol.